The fraction of sp³-hybridized carbons (Fsp3) is 0.267. The Hall–Kier alpha value is -3.59. The molecule has 0 saturated carbocycles. The van der Waals surface area contributed by atoms with Gasteiger partial charge in [-0.25, -0.2) is 8.42 Å². The van der Waals surface area contributed by atoms with Crippen LogP contribution in [0, 0.1) is 0 Å². The fourth-order valence-corrected chi connectivity index (χ4v) is 4.66. The Balaban J connectivity index is 1.65. The maximum Gasteiger partial charge on any atom is 0.191 e. The van der Waals surface area contributed by atoms with E-state index in [1.54, 1.807) is 31.4 Å². The predicted molar refractivity (Wildman–Crippen MR) is 148 cm³/mol. The molecule has 7 nitrogen and oxygen atoms in total. The van der Waals surface area contributed by atoms with Gasteiger partial charge in [0.2, 0.25) is 0 Å². The summed E-state index contributed by atoms with van der Waals surface area (Å²) >= 11 is 0. The quantitative estimate of drug-likeness (QED) is 0.192. The second kappa shape index (κ2) is 12.3. The van der Waals surface area contributed by atoms with Crippen molar-refractivity contribution >= 4 is 20.6 Å². The van der Waals surface area contributed by atoms with E-state index in [2.05, 4.69) is 0 Å². The minimum Gasteiger partial charge on any atom is -0.497 e. The zero-order valence-corrected chi connectivity index (χ0v) is 22.8. The lowest BCUT2D eigenvalue weighted by molar-refractivity contribution is -0.152. The number of ether oxygens (including phenoxy) is 5. The molecule has 4 aromatic carbocycles. The number of hydrogen-bond donors (Lipinski definition) is 0. The van der Waals surface area contributed by atoms with Crippen LogP contribution in [0.3, 0.4) is 0 Å². The van der Waals surface area contributed by atoms with Crippen molar-refractivity contribution in [3.8, 4) is 34.1 Å². The Morgan fingerprint density at radius 1 is 0.763 bits per heavy atom. The number of hydrogen-bond acceptors (Lipinski definition) is 7. The van der Waals surface area contributed by atoms with Crippen LogP contribution in [-0.2, 0) is 19.3 Å². The largest absolute Gasteiger partial charge is 0.497 e. The molecule has 0 unspecified atom stereocenters. The van der Waals surface area contributed by atoms with Crippen molar-refractivity contribution in [2.24, 2.45) is 0 Å². The van der Waals surface area contributed by atoms with Gasteiger partial charge in [-0.3, -0.25) is 0 Å². The Morgan fingerprint density at radius 2 is 1.39 bits per heavy atom. The van der Waals surface area contributed by atoms with Crippen LogP contribution in [0.25, 0.3) is 21.9 Å². The average Bonchev–Trinajstić information content (AvgIpc) is 2.92. The lowest BCUT2D eigenvalue weighted by Crippen LogP contribution is -2.25. The molecule has 0 aromatic heterocycles. The SMILES string of the molecule is CCOC(COc1ccc(Oc2c(-c3ccc(S(C)(=O)=O)cc3)ccc3cc(OC)ccc23)cc1)OCC. The zero-order chi connectivity index (χ0) is 27.1. The minimum atomic E-state index is -3.30. The molecule has 0 radical (unpaired) electrons. The van der Waals surface area contributed by atoms with Crippen molar-refractivity contribution in [2.45, 2.75) is 25.0 Å². The molecule has 0 bridgehead atoms. The topological polar surface area (TPSA) is 80.3 Å². The van der Waals surface area contributed by atoms with Crippen molar-refractivity contribution in [3.63, 3.8) is 0 Å². The van der Waals surface area contributed by atoms with E-state index in [1.807, 2.05) is 68.4 Å². The van der Waals surface area contributed by atoms with Crippen molar-refractivity contribution in [1.29, 1.82) is 0 Å². The van der Waals surface area contributed by atoms with Gasteiger partial charge in [-0.2, -0.15) is 0 Å². The highest BCUT2D eigenvalue weighted by atomic mass is 32.2. The summed E-state index contributed by atoms with van der Waals surface area (Å²) in [7, 11) is -1.67. The maximum atomic E-state index is 11.9. The van der Waals surface area contributed by atoms with Gasteiger partial charge in [0.1, 0.15) is 29.6 Å². The van der Waals surface area contributed by atoms with Gasteiger partial charge in [0.05, 0.1) is 12.0 Å². The number of benzene rings is 4. The Labute approximate surface area is 223 Å². The Morgan fingerprint density at radius 3 is 2.00 bits per heavy atom. The lowest BCUT2D eigenvalue weighted by Gasteiger charge is -2.18. The van der Waals surface area contributed by atoms with Gasteiger partial charge in [-0.15, -0.1) is 0 Å². The third kappa shape index (κ3) is 6.64. The van der Waals surface area contributed by atoms with Crippen LogP contribution in [0.5, 0.6) is 23.0 Å². The molecular weight excluding hydrogens is 504 g/mol. The highest BCUT2D eigenvalue weighted by molar-refractivity contribution is 7.90. The first-order valence-corrected chi connectivity index (χ1v) is 14.3. The number of fused-ring (bicyclic) bond motifs is 1. The van der Waals surface area contributed by atoms with Crippen LogP contribution in [-0.4, -0.2) is 47.9 Å². The standard InChI is InChI=1S/C30H32O7S/c1-5-34-29(35-6-2)20-36-23-10-12-24(13-11-23)37-30-27(21-7-15-26(16-8-21)38(4,31)32)17-9-22-19-25(33-3)14-18-28(22)30/h7-19,29H,5-6,20H2,1-4H3. The normalized spacial score (nSPS) is 11.6. The van der Waals surface area contributed by atoms with Gasteiger partial charge >= 0.3 is 0 Å². The average molecular weight is 537 g/mol. The summed E-state index contributed by atoms with van der Waals surface area (Å²) in [5, 5.41) is 1.85. The summed E-state index contributed by atoms with van der Waals surface area (Å²) in [5.41, 5.74) is 1.67. The van der Waals surface area contributed by atoms with Crippen molar-refractivity contribution in [1.82, 2.24) is 0 Å². The van der Waals surface area contributed by atoms with E-state index in [1.165, 1.54) is 6.26 Å². The summed E-state index contributed by atoms with van der Waals surface area (Å²) in [6.07, 6.45) is 0.770. The van der Waals surface area contributed by atoms with Crippen LogP contribution in [0.15, 0.2) is 83.8 Å². The fourth-order valence-electron chi connectivity index (χ4n) is 4.03. The zero-order valence-electron chi connectivity index (χ0n) is 22.0. The number of methoxy groups -OCH3 is 1. The summed E-state index contributed by atoms with van der Waals surface area (Å²) in [5.74, 6) is 2.69. The molecule has 0 amide bonds. The molecular formula is C30H32O7S. The summed E-state index contributed by atoms with van der Waals surface area (Å²) in [6, 6.07) is 23.9. The summed E-state index contributed by atoms with van der Waals surface area (Å²) < 4.78 is 52.6. The van der Waals surface area contributed by atoms with Gasteiger partial charge in [-0.1, -0.05) is 18.2 Å². The van der Waals surface area contributed by atoms with Crippen LogP contribution in [0.4, 0.5) is 0 Å². The van der Waals surface area contributed by atoms with E-state index in [0.29, 0.717) is 30.5 Å². The molecule has 8 heteroatoms. The second-order valence-corrected chi connectivity index (χ2v) is 10.6. The van der Waals surface area contributed by atoms with E-state index >= 15 is 0 Å². The number of sulfone groups is 1. The molecule has 0 atom stereocenters. The van der Waals surface area contributed by atoms with Crippen LogP contribution < -0.4 is 14.2 Å². The van der Waals surface area contributed by atoms with Crippen LogP contribution >= 0.6 is 0 Å². The number of rotatable bonds is 12. The van der Waals surface area contributed by atoms with Crippen molar-refractivity contribution in [2.75, 3.05) is 33.2 Å². The highest BCUT2D eigenvalue weighted by Gasteiger charge is 2.15. The van der Waals surface area contributed by atoms with Gasteiger partial charge in [0.15, 0.2) is 16.1 Å². The molecule has 0 spiro atoms. The lowest BCUT2D eigenvalue weighted by atomic mass is 9.99. The molecule has 0 aliphatic carbocycles. The maximum absolute atomic E-state index is 11.9. The van der Waals surface area contributed by atoms with Gasteiger partial charge in [0, 0.05) is 30.4 Å². The van der Waals surface area contributed by atoms with Gasteiger partial charge in [-0.05, 0) is 85.5 Å². The van der Waals surface area contributed by atoms with Crippen LogP contribution in [0.2, 0.25) is 0 Å². The van der Waals surface area contributed by atoms with E-state index in [0.717, 1.165) is 27.6 Å². The minimum absolute atomic E-state index is 0.265. The highest BCUT2D eigenvalue weighted by Crippen LogP contribution is 2.41. The second-order valence-electron chi connectivity index (χ2n) is 8.55. The van der Waals surface area contributed by atoms with E-state index < -0.39 is 16.1 Å². The first-order chi connectivity index (χ1) is 18.3. The smallest absolute Gasteiger partial charge is 0.191 e. The van der Waals surface area contributed by atoms with E-state index in [-0.39, 0.29) is 11.5 Å². The first-order valence-electron chi connectivity index (χ1n) is 12.4. The van der Waals surface area contributed by atoms with E-state index in [4.69, 9.17) is 23.7 Å². The molecule has 0 saturated heterocycles. The van der Waals surface area contributed by atoms with Crippen LogP contribution in [0.1, 0.15) is 13.8 Å². The monoisotopic (exact) mass is 536 g/mol. The Kier molecular flexibility index (Phi) is 8.89. The predicted octanol–water partition coefficient (Wildman–Crippen LogP) is 6.49. The third-order valence-corrected chi connectivity index (χ3v) is 7.03. The molecule has 200 valence electrons. The molecule has 0 aliphatic rings. The van der Waals surface area contributed by atoms with Gasteiger partial charge < -0.3 is 23.7 Å². The first kappa shape index (κ1) is 27.4. The summed E-state index contributed by atoms with van der Waals surface area (Å²) in [6.45, 7) is 5.18. The molecule has 4 rings (SSSR count). The van der Waals surface area contributed by atoms with Gasteiger partial charge in [0.25, 0.3) is 0 Å². The third-order valence-electron chi connectivity index (χ3n) is 5.91. The molecule has 0 aliphatic heterocycles. The summed E-state index contributed by atoms with van der Waals surface area (Å²) in [4.78, 5) is 0.265. The van der Waals surface area contributed by atoms with Crippen molar-refractivity contribution < 1.29 is 32.1 Å². The molecule has 0 heterocycles. The van der Waals surface area contributed by atoms with E-state index in [9.17, 15) is 8.42 Å². The molecule has 4 aromatic rings. The molecule has 38 heavy (non-hydrogen) atoms. The van der Waals surface area contributed by atoms with Crippen molar-refractivity contribution in [3.05, 3.63) is 78.9 Å². The molecule has 0 N–H and O–H groups in total. The Bertz CT molecular complexity index is 1460. The molecule has 0 fully saturated rings.